The third-order valence-corrected chi connectivity index (χ3v) is 10.4. The number of amides is 3. The molecule has 0 radical (unpaired) electrons. The highest BCUT2D eigenvalue weighted by atomic mass is 16.5. The molecule has 3 heterocycles. The lowest BCUT2D eigenvalue weighted by molar-refractivity contribution is -0.148. The van der Waals surface area contributed by atoms with Crippen LogP contribution in [0.15, 0.2) is 67.8 Å². The molecule has 9 heteroatoms. The highest BCUT2D eigenvalue weighted by Crippen LogP contribution is 2.64. The summed E-state index contributed by atoms with van der Waals surface area (Å²) in [6.07, 6.45) is 4.79. The third kappa shape index (κ3) is 5.85. The summed E-state index contributed by atoms with van der Waals surface area (Å²) in [5.41, 5.74) is 1.03. The molecule has 6 atom stereocenters. The summed E-state index contributed by atoms with van der Waals surface area (Å²) in [7, 11) is 0. The number of para-hydroxylation sites is 1. The molecule has 9 nitrogen and oxygen atoms in total. The maximum atomic E-state index is 15.2. The number of hydrogen-bond donors (Lipinski definition) is 1. The number of fused-ring (bicyclic) bond motifs is 1. The minimum Gasteiger partial charge on any atom is -0.494 e. The molecule has 1 spiro atoms. The van der Waals surface area contributed by atoms with Crippen LogP contribution in [0, 0.1) is 31.6 Å². The first kappa shape index (κ1) is 35.4. The Labute approximate surface area is 285 Å². The quantitative estimate of drug-likeness (QED) is 0.265. The van der Waals surface area contributed by atoms with Crippen molar-refractivity contribution in [3.63, 3.8) is 0 Å². The summed E-state index contributed by atoms with van der Waals surface area (Å²) in [6, 6.07) is 11.5. The number of carbonyl (C=O) groups excluding carboxylic acids is 3. The molecule has 0 saturated carbocycles. The number of nitrogens with zero attached hydrogens (tertiary/aromatic N) is 3. The Morgan fingerprint density at radius 3 is 2.23 bits per heavy atom. The van der Waals surface area contributed by atoms with Gasteiger partial charge in [-0.15, -0.1) is 13.2 Å². The van der Waals surface area contributed by atoms with Crippen LogP contribution in [0.5, 0.6) is 5.75 Å². The normalized spacial score (nSPS) is 26.4. The molecule has 2 aromatic carbocycles. The van der Waals surface area contributed by atoms with Crippen LogP contribution in [-0.4, -0.2) is 77.3 Å². The largest absolute Gasteiger partial charge is 0.494 e. The Kier molecular flexibility index (Phi) is 10.2. The Hall–Kier alpha value is -3.95. The molecule has 0 aliphatic carbocycles. The number of ether oxygens (including phenoxy) is 2. The molecule has 5 rings (SSSR count). The van der Waals surface area contributed by atoms with Crippen LogP contribution in [0.2, 0.25) is 0 Å². The van der Waals surface area contributed by atoms with Gasteiger partial charge in [-0.1, -0.05) is 44.2 Å². The molecule has 3 aliphatic rings. The number of carbonyl (C=O) groups is 3. The van der Waals surface area contributed by atoms with Crippen LogP contribution >= 0.6 is 0 Å². The van der Waals surface area contributed by atoms with Crippen molar-refractivity contribution in [3.8, 4) is 5.75 Å². The van der Waals surface area contributed by atoms with E-state index in [2.05, 4.69) is 13.2 Å². The Morgan fingerprint density at radius 2 is 1.67 bits per heavy atom. The number of benzene rings is 2. The predicted molar refractivity (Wildman–Crippen MR) is 188 cm³/mol. The van der Waals surface area contributed by atoms with E-state index in [-0.39, 0.29) is 43.3 Å². The van der Waals surface area contributed by atoms with E-state index in [1.807, 2.05) is 84.0 Å². The summed E-state index contributed by atoms with van der Waals surface area (Å²) in [4.78, 5) is 49.8. The number of hydrogen-bond acceptors (Lipinski definition) is 6. The average molecular weight is 658 g/mol. The van der Waals surface area contributed by atoms with Gasteiger partial charge in [0.2, 0.25) is 11.8 Å². The molecule has 3 fully saturated rings. The van der Waals surface area contributed by atoms with Crippen LogP contribution in [-0.2, 0) is 19.1 Å². The Morgan fingerprint density at radius 1 is 1.04 bits per heavy atom. The molecular formula is C39H51N3O6. The lowest BCUT2D eigenvalue weighted by Crippen LogP contribution is -2.59. The molecule has 2 unspecified atom stereocenters. The van der Waals surface area contributed by atoms with Crippen LogP contribution in [0.1, 0.15) is 58.1 Å². The zero-order chi connectivity index (χ0) is 35.0. The van der Waals surface area contributed by atoms with E-state index in [0.717, 1.165) is 16.8 Å². The van der Waals surface area contributed by atoms with E-state index >= 15 is 4.79 Å². The predicted octanol–water partition coefficient (Wildman–Crippen LogP) is 5.61. The molecule has 258 valence electrons. The van der Waals surface area contributed by atoms with E-state index < -0.39 is 35.1 Å². The van der Waals surface area contributed by atoms with E-state index in [4.69, 9.17) is 9.47 Å². The fraction of sp³-hybridized carbons (Fsp3) is 0.513. The van der Waals surface area contributed by atoms with E-state index in [0.29, 0.717) is 37.3 Å². The molecule has 0 aromatic heterocycles. The highest BCUT2D eigenvalue weighted by molar-refractivity contribution is 6.07. The second kappa shape index (κ2) is 13.9. The smallest absolute Gasteiger partial charge is 0.253 e. The fourth-order valence-electron chi connectivity index (χ4n) is 8.54. The van der Waals surface area contributed by atoms with Crippen molar-refractivity contribution in [3.05, 3.63) is 78.9 Å². The number of likely N-dealkylation sites (tertiary alicyclic amines) is 1. The topological polar surface area (TPSA) is 99.6 Å². The molecular weight excluding hydrogens is 606 g/mol. The van der Waals surface area contributed by atoms with Crippen molar-refractivity contribution < 1.29 is 29.0 Å². The minimum absolute atomic E-state index is 0.140. The van der Waals surface area contributed by atoms with Gasteiger partial charge in [-0.05, 0) is 88.3 Å². The van der Waals surface area contributed by atoms with Gasteiger partial charge in [0.05, 0.1) is 36.7 Å². The first-order valence-electron chi connectivity index (χ1n) is 17.2. The van der Waals surface area contributed by atoms with Gasteiger partial charge in [0.25, 0.3) is 5.91 Å². The molecule has 2 bridgehead atoms. The van der Waals surface area contributed by atoms with Gasteiger partial charge in [0.15, 0.2) is 0 Å². The van der Waals surface area contributed by atoms with Crippen molar-refractivity contribution >= 4 is 29.1 Å². The van der Waals surface area contributed by atoms with Crippen molar-refractivity contribution in [2.75, 3.05) is 36.1 Å². The molecule has 1 N–H and O–H groups in total. The molecule has 48 heavy (non-hydrogen) atoms. The van der Waals surface area contributed by atoms with Gasteiger partial charge in [0.1, 0.15) is 17.4 Å². The second-order valence-electron chi connectivity index (χ2n) is 14.1. The van der Waals surface area contributed by atoms with Gasteiger partial charge in [-0.25, -0.2) is 0 Å². The van der Waals surface area contributed by atoms with Gasteiger partial charge >= 0.3 is 0 Å². The number of aliphatic hydroxyl groups is 1. The highest BCUT2D eigenvalue weighted by Gasteiger charge is 2.79. The molecule has 3 amide bonds. The summed E-state index contributed by atoms with van der Waals surface area (Å²) < 4.78 is 12.6. The van der Waals surface area contributed by atoms with Crippen LogP contribution < -0.4 is 14.5 Å². The zero-order valence-electron chi connectivity index (χ0n) is 29.3. The average Bonchev–Trinajstić information content (AvgIpc) is 3.62. The van der Waals surface area contributed by atoms with Crippen molar-refractivity contribution in [1.82, 2.24) is 4.90 Å². The maximum Gasteiger partial charge on any atom is 0.253 e. The number of aryl methyl sites for hydroxylation is 2. The number of rotatable bonds is 14. The van der Waals surface area contributed by atoms with Crippen LogP contribution in [0.4, 0.5) is 11.4 Å². The van der Waals surface area contributed by atoms with Crippen LogP contribution in [0.3, 0.4) is 0 Å². The molecule has 3 aliphatic heterocycles. The van der Waals surface area contributed by atoms with Gasteiger partial charge in [-0.3, -0.25) is 14.4 Å². The SMILES string of the molecule is C=CCN(C(=O)[C@H]1[C@H]2C(=O)N([C@@H](CO)CC(C)C)C(C(=O)N(CC=C)c3c(C)cccc3C)C23CC[C@]1(C)O3)c1ccc(OCC)cc1. The molecule has 2 aromatic rings. The Bertz CT molecular complexity index is 1530. The molecule has 3 saturated heterocycles. The second-order valence-corrected chi connectivity index (χ2v) is 14.1. The lowest BCUT2D eigenvalue weighted by Gasteiger charge is -2.40. The van der Waals surface area contributed by atoms with Crippen LogP contribution in [0.25, 0.3) is 0 Å². The summed E-state index contributed by atoms with van der Waals surface area (Å²) in [5.74, 6) is -1.79. The monoisotopic (exact) mass is 657 g/mol. The van der Waals surface area contributed by atoms with Gasteiger partial charge in [0, 0.05) is 24.5 Å². The van der Waals surface area contributed by atoms with E-state index in [1.54, 1.807) is 26.9 Å². The third-order valence-electron chi connectivity index (χ3n) is 10.4. The van der Waals surface area contributed by atoms with Gasteiger partial charge in [-0.2, -0.15) is 0 Å². The minimum atomic E-state index is -1.25. The summed E-state index contributed by atoms with van der Waals surface area (Å²) in [6.45, 7) is 20.3. The van der Waals surface area contributed by atoms with Crippen molar-refractivity contribution in [1.29, 1.82) is 0 Å². The fourth-order valence-corrected chi connectivity index (χ4v) is 8.54. The summed E-state index contributed by atoms with van der Waals surface area (Å²) >= 11 is 0. The van der Waals surface area contributed by atoms with E-state index in [1.165, 1.54) is 0 Å². The standard InChI is InChI=1S/C39H51N3O6/c1-9-21-40(28-15-17-30(18-16-28)47-11-3)35(44)31-32-36(45)42(29(24-43)23-25(4)5)34(39(32)20-19-38(31,8)48-39)37(46)41(22-10-2)33-26(6)13-12-14-27(33)7/h9-10,12-18,25,29,31-32,34,43H,1-2,11,19-24H2,3-8H3/t29-,31-,32+,34?,38+,39?/m1/s1. The van der Waals surface area contributed by atoms with Crippen molar-refractivity contribution in [2.24, 2.45) is 17.8 Å². The van der Waals surface area contributed by atoms with Gasteiger partial charge < -0.3 is 29.3 Å². The first-order valence-corrected chi connectivity index (χ1v) is 17.2. The zero-order valence-corrected chi connectivity index (χ0v) is 29.3. The number of anilines is 2. The summed E-state index contributed by atoms with van der Waals surface area (Å²) in [5, 5.41) is 10.8. The number of aliphatic hydroxyl groups excluding tert-OH is 1. The Balaban J connectivity index is 1.64. The lowest BCUT2D eigenvalue weighted by atomic mass is 9.66. The maximum absolute atomic E-state index is 15.2. The van der Waals surface area contributed by atoms with Crippen molar-refractivity contribution in [2.45, 2.75) is 84.1 Å². The van der Waals surface area contributed by atoms with E-state index in [9.17, 15) is 14.7 Å². The first-order chi connectivity index (χ1) is 22.9.